The highest BCUT2D eigenvalue weighted by Gasteiger charge is 2.25. The van der Waals surface area contributed by atoms with Gasteiger partial charge in [-0.1, -0.05) is 18.2 Å². The Morgan fingerprint density at radius 1 is 1.03 bits per heavy atom. The Labute approximate surface area is 186 Å². The van der Waals surface area contributed by atoms with Gasteiger partial charge in [0.15, 0.2) is 0 Å². The fraction of sp³-hybridized carbons (Fsp3) is 0.520. The molecule has 3 heterocycles. The Morgan fingerprint density at radius 3 is 2.65 bits per heavy atom. The van der Waals surface area contributed by atoms with E-state index in [1.54, 1.807) is 0 Å². The molecule has 166 valence electrons. The third-order valence-corrected chi connectivity index (χ3v) is 6.71. The first-order chi connectivity index (χ1) is 15.1. The Balaban J connectivity index is 1.23. The Hall–Kier alpha value is -2.44. The van der Waals surface area contributed by atoms with Crippen LogP contribution in [0.15, 0.2) is 42.6 Å². The van der Waals surface area contributed by atoms with E-state index in [0.29, 0.717) is 12.5 Å². The molecular formula is C25H35N5O. The molecule has 1 amide bonds. The number of hydrogen-bond donors (Lipinski definition) is 1. The van der Waals surface area contributed by atoms with Crippen molar-refractivity contribution in [1.82, 2.24) is 14.8 Å². The van der Waals surface area contributed by atoms with Crippen LogP contribution in [0.25, 0.3) is 0 Å². The molecule has 2 fully saturated rings. The van der Waals surface area contributed by atoms with E-state index >= 15 is 0 Å². The molecule has 1 N–H and O–H groups in total. The maximum absolute atomic E-state index is 12.6. The maximum atomic E-state index is 12.6. The normalized spacial score (nSPS) is 20.6. The predicted octanol–water partition coefficient (Wildman–Crippen LogP) is 3.17. The quantitative estimate of drug-likeness (QED) is 0.776. The summed E-state index contributed by atoms with van der Waals surface area (Å²) in [5, 5.41) is 3.11. The number of piperidine rings is 1. The molecule has 1 unspecified atom stereocenters. The maximum Gasteiger partial charge on any atom is 0.238 e. The van der Waals surface area contributed by atoms with E-state index in [-0.39, 0.29) is 5.91 Å². The number of rotatable bonds is 6. The highest BCUT2D eigenvalue weighted by Crippen LogP contribution is 2.21. The third-order valence-electron chi connectivity index (χ3n) is 6.71. The summed E-state index contributed by atoms with van der Waals surface area (Å²) in [6.45, 7) is 12.0. The number of carbonyl (C=O) groups is 1. The van der Waals surface area contributed by atoms with Gasteiger partial charge >= 0.3 is 0 Å². The van der Waals surface area contributed by atoms with Gasteiger partial charge in [-0.05, 0) is 68.5 Å². The molecule has 2 aliphatic rings. The van der Waals surface area contributed by atoms with E-state index in [2.05, 4.69) is 57.0 Å². The number of amides is 1. The van der Waals surface area contributed by atoms with Gasteiger partial charge < -0.3 is 10.2 Å². The number of benzene rings is 1. The third kappa shape index (κ3) is 5.83. The largest absolute Gasteiger partial charge is 0.354 e. The summed E-state index contributed by atoms with van der Waals surface area (Å²) in [7, 11) is 0. The Kier molecular flexibility index (Phi) is 7.20. The lowest BCUT2D eigenvalue weighted by Gasteiger charge is -2.39. The van der Waals surface area contributed by atoms with Gasteiger partial charge in [0.1, 0.15) is 5.82 Å². The summed E-state index contributed by atoms with van der Waals surface area (Å²) in [5.41, 5.74) is 3.29. The van der Waals surface area contributed by atoms with Crippen molar-refractivity contribution in [1.29, 1.82) is 0 Å². The average molecular weight is 422 g/mol. The molecule has 1 aromatic carbocycles. The molecule has 4 rings (SSSR count). The molecule has 6 nitrogen and oxygen atoms in total. The van der Waals surface area contributed by atoms with E-state index in [4.69, 9.17) is 0 Å². The van der Waals surface area contributed by atoms with Crippen molar-refractivity contribution >= 4 is 17.4 Å². The van der Waals surface area contributed by atoms with Crippen LogP contribution in [0.5, 0.6) is 0 Å². The van der Waals surface area contributed by atoms with Gasteiger partial charge in [0.25, 0.3) is 0 Å². The SMILES string of the molecule is Cc1cccc(NC(=O)CN2CCCC(CN3CCN(c4ccccn4)CC3)C2)c1C. The zero-order chi connectivity index (χ0) is 21.6. The highest BCUT2D eigenvalue weighted by molar-refractivity contribution is 5.93. The minimum atomic E-state index is 0.0957. The van der Waals surface area contributed by atoms with Gasteiger partial charge in [-0.15, -0.1) is 0 Å². The Bertz CT molecular complexity index is 863. The molecule has 1 atom stereocenters. The van der Waals surface area contributed by atoms with Crippen LogP contribution in [0.3, 0.4) is 0 Å². The molecule has 0 saturated carbocycles. The lowest BCUT2D eigenvalue weighted by molar-refractivity contribution is -0.117. The second kappa shape index (κ2) is 10.2. The van der Waals surface area contributed by atoms with E-state index in [1.165, 1.54) is 18.4 Å². The summed E-state index contributed by atoms with van der Waals surface area (Å²) < 4.78 is 0. The molecular weight excluding hydrogens is 386 g/mol. The predicted molar refractivity (Wildman–Crippen MR) is 127 cm³/mol. The molecule has 0 radical (unpaired) electrons. The standard InChI is InChI=1S/C25H35N5O/c1-20-7-5-9-23(21(20)2)27-25(31)19-29-12-6-8-22(18-29)17-28-13-15-30(16-14-28)24-10-3-4-11-26-24/h3-5,7,9-11,22H,6,8,12-19H2,1-2H3,(H,27,31). The van der Waals surface area contributed by atoms with Crippen LogP contribution in [0.4, 0.5) is 11.5 Å². The van der Waals surface area contributed by atoms with E-state index in [0.717, 1.165) is 62.9 Å². The van der Waals surface area contributed by atoms with Crippen LogP contribution < -0.4 is 10.2 Å². The van der Waals surface area contributed by atoms with Gasteiger partial charge in [-0.3, -0.25) is 14.6 Å². The molecule has 0 spiro atoms. The van der Waals surface area contributed by atoms with E-state index in [9.17, 15) is 4.79 Å². The minimum absolute atomic E-state index is 0.0957. The molecule has 2 saturated heterocycles. The minimum Gasteiger partial charge on any atom is -0.354 e. The van der Waals surface area contributed by atoms with Gasteiger partial charge in [0, 0.05) is 51.2 Å². The molecule has 31 heavy (non-hydrogen) atoms. The Morgan fingerprint density at radius 2 is 1.87 bits per heavy atom. The summed E-state index contributed by atoms with van der Waals surface area (Å²) in [6, 6.07) is 12.2. The summed E-state index contributed by atoms with van der Waals surface area (Å²) in [4.78, 5) is 24.4. The number of piperazine rings is 1. The van der Waals surface area contributed by atoms with E-state index in [1.807, 2.05) is 24.4 Å². The van der Waals surface area contributed by atoms with E-state index < -0.39 is 0 Å². The second-order valence-electron chi connectivity index (χ2n) is 9.01. The van der Waals surface area contributed by atoms with Crippen LogP contribution in [0, 0.1) is 19.8 Å². The zero-order valence-electron chi connectivity index (χ0n) is 18.9. The number of nitrogens with zero attached hydrogens (tertiary/aromatic N) is 4. The van der Waals surface area contributed by atoms with Gasteiger partial charge in [0.2, 0.25) is 5.91 Å². The average Bonchev–Trinajstić information content (AvgIpc) is 2.78. The van der Waals surface area contributed by atoms with Gasteiger partial charge in [0.05, 0.1) is 6.54 Å². The number of likely N-dealkylation sites (tertiary alicyclic amines) is 1. The zero-order valence-corrected chi connectivity index (χ0v) is 18.9. The first kappa shape index (κ1) is 21.8. The number of anilines is 2. The van der Waals surface area contributed by atoms with Crippen molar-refractivity contribution in [2.45, 2.75) is 26.7 Å². The molecule has 6 heteroatoms. The van der Waals surface area contributed by atoms with Crippen molar-refractivity contribution in [2.24, 2.45) is 5.92 Å². The van der Waals surface area contributed by atoms with Crippen molar-refractivity contribution in [3.63, 3.8) is 0 Å². The number of aromatic nitrogens is 1. The van der Waals surface area contributed by atoms with Crippen LogP contribution >= 0.6 is 0 Å². The molecule has 1 aromatic heterocycles. The van der Waals surface area contributed by atoms with Gasteiger partial charge in [-0.2, -0.15) is 0 Å². The molecule has 2 aliphatic heterocycles. The van der Waals surface area contributed by atoms with Crippen molar-refractivity contribution in [3.8, 4) is 0 Å². The lowest BCUT2D eigenvalue weighted by Crippen LogP contribution is -2.50. The molecule has 2 aromatic rings. The molecule has 0 aliphatic carbocycles. The first-order valence-corrected chi connectivity index (χ1v) is 11.6. The van der Waals surface area contributed by atoms with Gasteiger partial charge in [-0.25, -0.2) is 4.98 Å². The van der Waals surface area contributed by atoms with Crippen molar-refractivity contribution in [2.75, 3.05) is 62.6 Å². The van der Waals surface area contributed by atoms with Crippen LogP contribution in [-0.2, 0) is 4.79 Å². The fourth-order valence-corrected chi connectivity index (χ4v) is 4.79. The number of aryl methyl sites for hydroxylation is 1. The highest BCUT2D eigenvalue weighted by atomic mass is 16.2. The van der Waals surface area contributed by atoms with Crippen LogP contribution in [-0.4, -0.2) is 73.0 Å². The van der Waals surface area contributed by atoms with Crippen molar-refractivity contribution < 1.29 is 4.79 Å². The number of nitrogens with one attached hydrogen (secondary N) is 1. The first-order valence-electron chi connectivity index (χ1n) is 11.6. The smallest absolute Gasteiger partial charge is 0.238 e. The number of pyridine rings is 1. The fourth-order valence-electron chi connectivity index (χ4n) is 4.79. The summed E-state index contributed by atoms with van der Waals surface area (Å²) in [5.74, 6) is 1.82. The lowest BCUT2D eigenvalue weighted by atomic mass is 9.97. The summed E-state index contributed by atoms with van der Waals surface area (Å²) in [6.07, 6.45) is 4.31. The van der Waals surface area contributed by atoms with Crippen LogP contribution in [0.1, 0.15) is 24.0 Å². The number of carbonyl (C=O) groups excluding carboxylic acids is 1. The van der Waals surface area contributed by atoms with Crippen molar-refractivity contribution in [3.05, 3.63) is 53.7 Å². The monoisotopic (exact) mass is 421 g/mol. The topological polar surface area (TPSA) is 51.7 Å². The number of hydrogen-bond acceptors (Lipinski definition) is 5. The van der Waals surface area contributed by atoms with Crippen LogP contribution in [0.2, 0.25) is 0 Å². The summed E-state index contributed by atoms with van der Waals surface area (Å²) >= 11 is 0. The second-order valence-corrected chi connectivity index (χ2v) is 9.01. The molecule has 0 bridgehead atoms.